The van der Waals surface area contributed by atoms with Crippen LogP contribution in [-0.2, 0) is 4.79 Å². The van der Waals surface area contributed by atoms with Crippen LogP contribution in [0.3, 0.4) is 0 Å². The fourth-order valence-corrected chi connectivity index (χ4v) is 6.42. The van der Waals surface area contributed by atoms with Crippen molar-refractivity contribution in [3.63, 3.8) is 0 Å². The largest absolute Gasteiger partial charge is 0.494 e. The number of carboxylic acid groups (broad SMARTS) is 1. The van der Waals surface area contributed by atoms with Gasteiger partial charge in [0.1, 0.15) is 17.6 Å². The number of piperidine rings is 1. The van der Waals surface area contributed by atoms with Gasteiger partial charge >= 0.3 is 12.1 Å². The third kappa shape index (κ3) is 7.18. The number of rotatable bonds is 10. The van der Waals surface area contributed by atoms with Gasteiger partial charge in [0.05, 0.1) is 18.0 Å². The Morgan fingerprint density at radius 1 is 1.10 bits per heavy atom. The fourth-order valence-electron chi connectivity index (χ4n) is 6.42. The highest BCUT2D eigenvalue weighted by Crippen LogP contribution is 2.43. The van der Waals surface area contributed by atoms with Crippen LogP contribution in [0.25, 0.3) is 16.8 Å². The Morgan fingerprint density at radius 3 is 2.46 bits per heavy atom. The fraction of sp³-hybridized carbons (Fsp3) is 0.412. The summed E-state index contributed by atoms with van der Waals surface area (Å²) in [7, 11) is 0. The van der Waals surface area contributed by atoms with Crippen LogP contribution in [0.5, 0.6) is 11.6 Å². The lowest BCUT2D eigenvalue weighted by Crippen LogP contribution is -2.41. The monoisotopic (exact) mass is 665 g/mol. The first-order chi connectivity index (χ1) is 22.9. The van der Waals surface area contributed by atoms with Crippen LogP contribution in [0.2, 0.25) is 0 Å². The standard InChI is InChI=1S/C34H38F3N7O4/c1-3-16-47-24-7-4-22(5-8-24)23-6-9-25(27(17-23)44-13-10-21(2)42-44)30(34(35,36)37)48-29-18-28(40-32(38)41-29)43-14-11-33(12-15-43)19-26(31(45)46)39-20-33/h4-10,13,17-18,26,30,39H,3,11-12,14-16,19-20H2,1-2H3,(H,45,46)(H2,38,40,41)/t26?,30-/m1/s1. The molecule has 2 aromatic carbocycles. The van der Waals surface area contributed by atoms with Gasteiger partial charge in [-0.05, 0) is 73.4 Å². The molecule has 0 saturated carbocycles. The van der Waals surface area contributed by atoms with Crippen molar-refractivity contribution >= 4 is 17.7 Å². The highest BCUT2D eigenvalue weighted by Gasteiger charge is 2.46. The van der Waals surface area contributed by atoms with Crippen molar-refractivity contribution < 1.29 is 32.5 Å². The Hall–Kier alpha value is -4.85. The van der Waals surface area contributed by atoms with Crippen LogP contribution < -0.4 is 25.4 Å². The summed E-state index contributed by atoms with van der Waals surface area (Å²) >= 11 is 0. The summed E-state index contributed by atoms with van der Waals surface area (Å²) in [6.07, 6.45) is -2.83. The minimum atomic E-state index is -4.83. The molecule has 2 aromatic heterocycles. The van der Waals surface area contributed by atoms with Gasteiger partial charge in [-0.2, -0.15) is 28.2 Å². The maximum Gasteiger partial charge on any atom is 0.429 e. The van der Waals surface area contributed by atoms with Gasteiger partial charge in [-0.3, -0.25) is 4.79 Å². The predicted molar refractivity (Wildman–Crippen MR) is 173 cm³/mol. The molecule has 254 valence electrons. The van der Waals surface area contributed by atoms with Crippen LogP contribution in [-0.4, -0.2) is 69.3 Å². The number of nitrogens with zero attached hydrogens (tertiary/aromatic N) is 5. The van der Waals surface area contributed by atoms with Gasteiger partial charge in [0.15, 0.2) is 0 Å². The number of carboxylic acids is 1. The number of aromatic nitrogens is 4. The minimum absolute atomic E-state index is 0.155. The number of carbonyl (C=O) groups is 1. The summed E-state index contributed by atoms with van der Waals surface area (Å²) in [6.45, 7) is 6.02. The molecule has 4 N–H and O–H groups in total. The van der Waals surface area contributed by atoms with E-state index >= 15 is 0 Å². The highest BCUT2D eigenvalue weighted by atomic mass is 19.4. The summed E-state index contributed by atoms with van der Waals surface area (Å²) in [4.78, 5) is 21.7. The van der Waals surface area contributed by atoms with Crippen molar-refractivity contribution in [2.75, 3.05) is 36.9 Å². The van der Waals surface area contributed by atoms with Gasteiger partial charge in [-0.15, -0.1) is 0 Å². The second kappa shape index (κ2) is 13.3. The number of halogens is 3. The average molecular weight is 666 g/mol. The molecule has 11 nitrogen and oxygen atoms in total. The average Bonchev–Trinajstić information content (AvgIpc) is 3.69. The van der Waals surface area contributed by atoms with Crippen molar-refractivity contribution in [1.29, 1.82) is 0 Å². The summed E-state index contributed by atoms with van der Waals surface area (Å²) in [5.74, 6) is -0.352. The molecule has 48 heavy (non-hydrogen) atoms. The first-order valence-electron chi connectivity index (χ1n) is 15.9. The number of hydrogen-bond donors (Lipinski definition) is 3. The number of ether oxygens (including phenoxy) is 2. The molecule has 4 heterocycles. The van der Waals surface area contributed by atoms with E-state index in [0.29, 0.717) is 68.3 Å². The lowest BCUT2D eigenvalue weighted by molar-refractivity contribution is -0.198. The maximum atomic E-state index is 14.9. The van der Waals surface area contributed by atoms with E-state index in [1.165, 1.54) is 16.8 Å². The Kier molecular flexibility index (Phi) is 9.19. The lowest BCUT2D eigenvalue weighted by atomic mass is 9.76. The first-order valence-corrected chi connectivity index (χ1v) is 15.9. The van der Waals surface area contributed by atoms with E-state index in [-0.39, 0.29) is 28.5 Å². The third-order valence-electron chi connectivity index (χ3n) is 8.99. The second-order valence-electron chi connectivity index (χ2n) is 12.5. The topological polar surface area (TPSA) is 141 Å². The number of benzene rings is 2. The predicted octanol–water partition coefficient (Wildman–Crippen LogP) is 5.72. The zero-order valence-electron chi connectivity index (χ0n) is 26.7. The molecule has 2 fully saturated rings. The molecule has 1 unspecified atom stereocenters. The Bertz CT molecular complexity index is 1750. The molecule has 0 amide bonds. The minimum Gasteiger partial charge on any atom is -0.494 e. The molecule has 0 aliphatic carbocycles. The van der Waals surface area contributed by atoms with E-state index in [1.54, 1.807) is 31.3 Å². The summed E-state index contributed by atoms with van der Waals surface area (Å²) in [5, 5.41) is 16.9. The van der Waals surface area contributed by atoms with E-state index in [1.807, 2.05) is 36.1 Å². The Labute approximate surface area is 275 Å². The molecule has 1 spiro atoms. The van der Waals surface area contributed by atoms with Gasteiger partial charge in [-0.25, -0.2) is 4.68 Å². The molecule has 2 saturated heterocycles. The molecular weight excluding hydrogens is 627 g/mol. The van der Waals surface area contributed by atoms with Crippen molar-refractivity contribution in [2.45, 2.75) is 57.9 Å². The van der Waals surface area contributed by atoms with E-state index in [0.717, 1.165) is 12.0 Å². The summed E-state index contributed by atoms with van der Waals surface area (Å²) in [5.41, 5.74) is 8.00. The SMILES string of the molecule is CCCOc1ccc(-c2ccc([C@@H](Oc3cc(N4CCC5(CC4)CNC(C(=O)O)C5)nc(N)n3)C(F)(F)F)c(-n3ccc(C)n3)c2)cc1. The summed E-state index contributed by atoms with van der Waals surface area (Å²) < 4.78 is 57.4. The molecule has 0 bridgehead atoms. The van der Waals surface area contributed by atoms with Crippen LogP contribution >= 0.6 is 0 Å². The number of aryl methyl sites for hydroxylation is 1. The normalized spacial score (nSPS) is 18.2. The van der Waals surface area contributed by atoms with E-state index in [2.05, 4.69) is 20.4 Å². The van der Waals surface area contributed by atoms with Crippen molar-refractivity contribution in [1.82, 2.24) is 25.1 Å². The van der Waals surface area contributed by atoms with Crippen LogP contribution in [0.15, 0.2) is 60.8 Å². The Balaban J connectivity index is 1.28. The van der Waals surface area contributed by atoms with E-state index < -0.39 is 24.3 Å². The lowest BCUT2D eigenvalue weighted by Gasteiger charge is -2.39. The summed E-state index contributed by atoms with van der Waals surface area (Å²) in [6, 6.07) is 14.5. The maximum absolute atomic E-state index is 14.9. The number of anilines is 2. The third-order valence-corrected chi connectivity index (χ3v) is 8.99. The molecule has 2 aliphatic heterocycles. The molecule has 0 radical (unpaired) electrons. The quantitative estimate of drug-likeness (QED) is 0.193. The van der Waals surface area contributed by atoms with E-state index in [4.69, 9.17) is 15.2 Å². The van der Waals surface area contributed by atoms with E-state index in [9.17, 15) is 23.1 Å². The zero-order chi connectivity index (χ0) is 34.1. The molecular formula is C34H38F3N7O4. The van der Waals surface area contributed by atoms with Gasteiger partial charge < -0.3 is 30.5 Å². The van der Waals surface area contributed by atoms with Crippen molar-refractivity contribution in [3.05, 3.63) is 72.1 Å². The number of hydrogen-bond acceptors (Lipinski definition) is 9. The van der Waals surface area contributed by atoms with Gasteiger partial charge in [0, 0.05) is 37.5 Å². The molecule has 14 heteroatoms. The van der Waals surface area contributed by atoms with Gasteiger partial charge in [0.25, 0.3) is 0 Å². The zero-order valence-corrected chi connectivity index (χ0v) is 26.7. The smallest absolute Gasteiger partial charge is 0.429 e. The highest BCUT2D eigenvalue weighted by molar-refractivity contribution is 5.74. The second-order valence-corrected chi connectivity index (χ2v) is 12.5. The number of aliphatic carboxylic acids is 1. The number of nitrogen functional groups attached to an aromatic ring is 1. The van der Waals surface area contributed by atoms with Crippen molar-refractivity contribution in [2.24, 2.45) is 5.41 Å². The van der Waals surface area contributed by atoms with Crippen LogP contribution in [0.4, 0.5) is 24.9 Å². The number of nitrogens with two attached hydrogens (primary N) is 1. The first kappa shape index (κ1) is 33.1. The van der Waals surface area contributed by atoms with Gasteiger partial charge in [-0.1, -0.05) is 31.2 Å². The van der Waals surface area contributed by atoms with Crippen molar-refractivity contribution in [3.8, 4) is 28.4 Å². The number of nitrogens with one attached hydrogen (secondary N) is 1. The molecule has 2 aliphatic rings. The van der Waals surface area contributed by atoms with Gasteiger partial charge in [0.2, 0.25) is 17.9 Å². The molecule has 2 atom stereocenters. The number of alkyl halides is 3. The Morgan fingerprint density at radius 2 is 1.83 bits per heavy atom. The van der Waals surface area contributed by atoms with Crippen LogP contribution in [0, 0.1) is 12.3 Å². The molecule has 6 rings (SSSR count). The van der Waals surface area contributed by atoms with Crippen LogP contribution in [0.1, 0.15) is 50.0 Å². The molecule has 4 aromatic rings.